The summed E-state index contributed by atoms with van der Waals surface area (Å²) in [4.78, 5) is 77.1. The Morgan fingerprint density at radius 2 is 1.16 bits per heavy atom. The van der Waals surface area contributed by atoms with Crippen molar-refractivity contribution in [1.82, 2.24) is 15.6 Å². The molecule has 16 heteroatoms. The number of carbonyl (C=O) groups is 6. The molecule has 0 saturated heterocycles. The number of aromatic nitrogens is 1. The van der Waals surface area contributed by atoms with Gasteiger partial charge in [0.25, 0.3) is 23.6 Å². The zero-order valence-electron chi connectivity index (χ0n) is 31.4. The SMILES string of the molecule is COC(=O)c1ccc(CNC(=O)c2cscc2NC(=O)c2ccc(OC)cc2)cc1.COC(=O)c1ccc(CNC(=O)c2sccc2NC(=O)c2ccccn2)cc1. The molecule has 0 radical (unpaired) electrons. The first-order chi connectivity index (χ1) is 28.1. The minimum atomic E-state index is -0.416. The lowest BCUT2D eigenvalue weighted by Crippen LogP contribution is -2.24. The molecule has 0 aliphatic rings. The smallest absolute Gasteiger partial charge is 0.337 e. The number of carbonyl (C=O) groups excluding carboxylic acids is 6. The van der Waals surface area contributed by atoms with Gasteiger partial charge < -0.3 is 35.5 Å². The number of pyridine rings is 1. The molecule has 3 heterocycles. The highest BCUT2D eigenvalue weighted by atomic mass is 32.1. The van der Waals surface area contributed by atoms with Crippen molar-refractivity contribution in [3.8, 4) is 5.75 Å². The molecule has 0 aliphatic carbocycles. The minimum Gasteiger partial charge on any atom is -0.497 e. The Labute approximate surface area is 341 Å². The molecule has 0 saturated carbocycles. The van der Waals surface area contributed by atoms with Crippen molar-refractivity contribution in [3.05, 3.63) is 163 Å². The molecule has 0 spiro atoms. The Morgan fingerprint density at radius 1 is 0.586 bits per heavy atom. The number of nitrogens with zero attached hydrogens (tertiary/aromatic N) is 1. The van der Waals surface area contributed by atoms with Crippen LogP contribution in [0.2, 0.25) is 0 Å². The maximum absolute atomic E-state index is 12.6. The van der Waals surface area contributed by atoms with Gasteiger partial charge in [-0.2, -0.15) is 0 Å². The van der Waals surface area contributed by atoms with Gasteiger partial charge in [0, 0.05) is 35.6 Å². The van der Waals surface area contributed by atoms with Gasteiger partial charge in [-0.25, -0.2) is 9.59 Å². The first kappa shape index (κ1) is 42.0. The Bertz CT molecular complexity index is 2360. The van der Waals surface area contributed by atoms with E-state index in [4.69, 9.17) is 4.74 Å². The molecule has 3 aromatic carbocycles. The van der Waals surface area contributed by atoms with Gasteiger partial charge in [0.15, 0.2) is 0 Å². The second-order valence-corrected chi connectivity index (χ2v) is 13.6. The first-order valence-corrected chi connectivity index (χ1v) is 19.1. The monoisotopic (exact) mass is 819 g/mol. The number of rotatable bonds is 13. The molecule has 6 aromatic rings. The maximum Gasteiger partial charge on any atom is 0.337 e. The van der Waals surface area contributed by atoms with Crippen LogP contribution in [0, 0.1) is 0 Å². The zero-order chi connectivity index (χ0) is 41.4. The molecule has 0 fully saturated rings. The number of amides is 4. The molecule has 4 amide bonds. The van der Waals surface area contributed by atoms with Crippen LogP contribution in [0.25, 0.3) is 0 Å². The molecule has 6 rings (SSSR count). The third-order valence-corrected chi connectivity index (χ3v) is 9.84. The first-order valence-electron chi connectivity index (χ1n) is 17.3. The predicted octanol–water partition coefficient (Wildman–Crippen LogP) is 6.84. The van der Waals surface area contributed by atoms with Crippen LogP contribution in [0.15, 0.2) is 119 Å². The number of nitrogens with one attached hydrogen (secondary N) is 4. The lowest BCUT2D eigenvalue weighted by molar-refractivity contribution is 0.0592. The normalized spacial score (nSPS) is 10.2. The van der Waals surface area contributed by atoms with Crippen LogP contribution in [-0.4, -0.2) is 61.9 Å². The fourth-order valence-corrected chi connectivity index (χ4v) is 6.59. The number of anilines is 2. The van der Waals surface area contributed by atoms with E-state index in [2.05, 4.69) is 35.7 Å². The third kappa shape index (κ3) is 11.4. The average molecular weight is 820 g/mol. The Morgan fingerprint density at radius 3 is 1.71 bits per heavy atom. The Hall–Kier alpha value is -7.17. The summed E-state index contributed by atoms with van der Waals surface area (Å²) in [5, 5.41) is 16.2. The summed E-state index contributed by atoms with van der Waals surface area (Å²) in [5.41, 5.74) is 4.52. The molecule has 0 atom stereocenters. The van der Waals surface area contributed by atoms with Gasteiger partial charge in [-0.15, -0.1) is 22.7 Å². The molecule has 0 bridgehead atoms. The van der Waals surface area contributed by atoms with Gasteiger partial charge in [0.2, 0.25) is 0 Å². The highest BCUT2D eigenvalue weighted by molar-refractivity contribution is 7.12. The predicted molar refractivity (Wildman–Crippen MR) is 220 cm³/mol. The molecule has 58 heavy (non-hydrogen) atoms. The van der Waals surface area contributed by atoms with Crippen LogP contribution in [0.5, 0.6) is 5.75 Å². The van der Waals surface area contributed by atoms with Gasteiger partial charge in [-0.1, -0.05) is 30.3 Å². The summed E-state index contributed by atoms with van der Waals surface area (Å²) < 4.78 is 14.4. The fraction of sp³-hybridized carbons (Fsp3) is 0.119. The van der Waals surface area contributed by atoms with Crippen molar-refractivity contribution in [2.45, 2.75) is 13.1 Å². The van der Waals surface area contributed by atoms with Crippen LogP contribution >= 0.6 is 22.7 Å². The highest BCUT2D eigenvalue weighted by Crippen LogP contribution is 2.24. The van der Waals surface area contributed by atoms with E-state index >= 15 is 0 Å². The quantitative estimate of drug-likeness (QED) is 0.0898. The molecule has 296 valence electrons. The summed E-state index contributed by atoms with van der Waals surface area (Å²) in [5.74, 6) is -1.48. The largest absolute Gasteiger partial charge is 0.497 e. The van der Waals surface area contributed by atoms with E-state index < -0.39 is 11.9 Å². The summed E-state index contributed by atoms with van der Waals surface area (Å²) >= 11 is 2.55. The summed E-state index contributed by atoms with van der Waals surface area (Å²) in [6, 6.07) is 26.9. The van der Waals surface area contributed by atoms with E-state index in [1.165, 1.54) is 43.1 Å². The van der Waals surface area contributed by atoms with E-state index in [-0.39, 0.29) is 42.4 Å². The molecular weight excluding hydrogens is 783 g/mol. The van der Waals surface area contributed by atoms with E-state index in [0.717, 1.165) is 11.1 Å². The Kier molecular flexibility index (Phi) is 15.0. The molecule has 3 aromatic heterocycles. The number of hydrogen-bond acceptors (Lipinski definition) is 12. The topological polar surface area (TPSA) is 191 Å². The minimum absolute atomic E-state index is 0.269. The molecular formula is C42H37N5O9S2. The number of thiophene rings is 2. The van der Waals surface area contributed by atoms with Gasteiger partial charge >= 0.3 is 11.9 Å². The number of ether oxygens (including phenoxy) is 3. The van der Waals surface area contributed by atoms with E-state index in [1.807, 2.05) is 0 Å². The van der Waals surface area contributed by atoms with E-state index in [9.17, 15) is 28.8 Å². The second kappa shape index (κ2) is 20.7. The second-order valence-electron chi connectivity index (χ2n) is 12.0. The van der Waals surface area contributed by atoms with Crippen molar-refractivity contribution < 1.29 is 43.0 Å². The van der Waals surface area contributed by atoms with Crippen LogP contribution in [0.1, 0.15) is 72.7 Å². The van der Waals surface area contributed by atoms with Gasteiger partial charge in [-0.05, 0) is 83.2 Å². The van der Waals surface area contributed by atoms with Gasteiger partial charge in [0.05, 0.1) is 49.4 Å². The van der Waals surface area contributed by atoms with E-state index in [0.29, 0.717) is 44.3 Å². The number of hydrogen-bond donors (Lipinski definition) is 4. The molecule has 4 N–H and O–H groups in total. The van der Waals surface area contributed by atoms with E-state index in [1.54, 1.807) is 120 Å². The number of benzene rings is 3. The third-order valence-electron chi connectivity index (χ3n) is 8.18. The highest BCUT2D eigenvalue weighted by Gasteiger charge is 2.18. The van der Waals surface area contributed by atoms with Crippen LogP contribution in [-0.2, 0) is 22.6 Å². The Balaban J connectivity index is 0.000000221. The van der Waals surface area contributed by atoms with Crippen LogP contribution in [0.3, 0.4) is 0 Å². The van der Waals surface area contributed by atoms with Crippen molar-refractivity contribution >= 4 is 69.6 Å². The lowest BCUT2D eigenvalue weighted by Gasteiger charge is -2.09. The summed E-state index contributed by atoms with van der Waals surface area (Å²) in [6.45, 7) is 0.563. The lowest BCUT2D eigenvalue weighted by atomic mass is 10.1. The van der Waals surface area contributed by atoms with Crippen molar-refractivity contribution in [1.29, 1.82) is 0 Å². The zero-order valence-corrected chi connectivity index (χ0v) is 33.0. The van der Waals surface area contributed by atoms with Crippen LogP contribution < -0.4 is 26.0 Å². The van der Waals surface area contributed by atoms with Crippen molar-refractivity contribution in [3.63, 3.8) is 0 Å². The summed E-state index contributed by atoms with van der Waals surface area (Å²) in [7, 11) is 4.20. The van der Waals surface area contributed by atoms with Crippen LogP contribution in [0.4, 0.5) is 11.4 Å². The van der Waals surface area contributed by atoms with Gasteiger partial charge in [-0.3, -0.25) is 24.2 Å². The number of methoxy groups -OCH3 is 3. The summed E-state index contributed by atoms with van der Waals surface area (Å²) in [6.07, 6.45) is 1.53. The fourth-order valence-electron chi connectivity index (χ4n) is 5.07. The maximum atomic E-state index is 12.6. The van der Waals surface area contributed by atoms with Crippen molar-refractivity contribution in [2.75, 3.05) is 32.0 Å². The number of esters is 2. The molecule has 14 nitrogen and oxygen atoms in total. The standard InChI is InChI=1S/C22H20N2O5S.C20H17N3O4S/c1-28-17-9-7-15(8-10-17)20(25)24-19-13-30-12-18(19)21(26)23-11-14-3-5-16(6-4-14)22(27)29-2;1-27-20(26)14-7-5-13(6-8-14)12-22-19(25)17-15(9-11-28-17)23-18(24)16-4-2-3-10-21-16/h3-10,12-13H,11H2,1-2H3,(H,23,26)(H,24,25);2-11H,12H2,1H3,(H,22,25)(H,23,24). The average Bonchev–Trinajstić information content (AvgIpc) is 3.95. The molecule has 0 aliphatic heterocycles. The molecule has 0 unspecified atom stereocenters. The van der Waals surface area contributed by atoms with Crippen molar-refractivity contribution in [2.24, 2.45) is 0 Å². The van der Waals surface area contributed by atoms with Gasteiger partial charge in [0.1, 0.15) is 16.3 Å².